The van der Waals surface area contributed by atoms with Gasteiger partial charge in [-0.3, -0.25) is 4.79 Å². The van der Waals surface area contributed by atoms with Crippen molar-refractivity contribution in [3.8, 4) is 11.1 Å². The summed E-state index contributed by atoms with van der Waals surface area (Å²) in [7, 11) is 0. The molecule has 142 valence electrons. The number of nitrogens with two attached hydrogens (primary N) is 1. The van der Waals surface area contributed by atoms with Gasteiger partial charge in [-0.15, -0.1) is 0 Å². The zero-order chi connectivity index (χ0) is 19.5. The first-order valence-corrected chi connectivity index (χ1v) is 9.87. The van der Waals surface area contributed by atoms with E-state index in [2.05, 4.69) is 53.8 Å². The predicted octanol–water partition coefficient (Wildman–Crippen LogP) is 4.27. The fraction of sp³-hybridized carbons (Fsp3) is 0.240. The summed E-state index contributed by atoms with van der Waals surface area (Å²) in [5, 5.41) is 3.62. The predicted molar refractivity (Wildman–Crippen MR) is 114 cm³/mol. The SMILES string of the molecule is Cc1cc(C(N)=O)ccc1-c1ccc(CNCC2Cc3ccccc3C2)cc1. The molecule has 0 radical (unpaired) electrons. The van der Waals surface area contributed by atoms with Gasteiger partial charge in [0.2, 0.25) is 5.91 Å². The van der Waals surface area contributed by atoms with Crippen LogP contribution >= 0.6 is 0 Å². The van der Waals surface area contributed by atoms with Crippen LogP contribution in [0, 0.1) is 12.8 Å². The van der Waals surface area contributed by atoms with Gasteiger partial charge in [0.1, 0.15) is 0 Å². The van der Waals surface area contributed by atoms with E-state index in [9.17, 15) is 4.79 Å². The maximum atomic E-state index is 11.3. The molecule has 1 amide bonds. The lowest BCUT2D eigenvalue weighted by Crippen LogP contribution is -2.22. The molecule has 0 bridgehead atoms. The van der Waals surface area contributed by atoms with Gasteiger partial charge in [-0.2, -0.15) is 0 Å². The quantitative estimate of drug-likeness (QED) is 0.681. The van der Waals surface area contributed by atoms with Gasteiger partial charge in [0.25, 0.3) is 0 Å². The van der Waals surface area contributed by atoms with Gasteiger partial charge in [0, 0.05) is 12.1 Å². The van der Waals surface area contributed by atoms with Gasteiger partial charge in [-0.05, 0) is 77.7 Å². The molecule has 0 saturated carbocycles. The molecular formula is C25H26N2O. The molecule has 28 heavy (non-hydrogen) atoms. The van der Waals surface area contributed by atoms with Crippen LogP contribution in [0.2, 0.25) is 0 Å². The van der Waals surface area contributed by atoms with Crippen LogP contribution in [0.1, 0.15) is 32.6 Å². The Morgan fingerprint density at radius 2 is 1.68 bits per heavy atom. The standard InChI is InChI=1S/C25H26N2O/c1-17-12-23(25(26)28)10-11-24(17)20-8-6-18(7-9-20)15-27-16-19-13-21-4-2-3-5-22(21)14-19/h2-12,19,27H,13-16H2,1H3,(H2,26,28). The fourth-order valence-electron chi connectivity index (χ4n) is 4.16. The number of aryl methyl sites for hydroxylation is 1. The van der Waals surface area contributed by atoms with Crippen LogP contribution in [0.15, 0.2) is 66.7 Å². The summed E-state index contributed by atoms with van der Waals surface area (Å²) in [6.07, 6.45) is 2.37. The Labute approximate surface area is 166 Å². The van der Waals surface area contributed by atoms with E-state index in [1.807, 2.05) is 19.1 Å². The van der Waals surface area contributed by atoms with Crippen LogP contribution in [-0.4, -0.2) is 12.5 Å². The van der Waals surface area contributed by atoms with Crippen LogP contribution in [0.4, 0.5) is 0 Å². The van der Waals surface area contributed by atoms with Gasteiger partial charge in [-0.25, -0.2) is 0 Å². The van der Waals surface area contributed by atoms with Gasteiger partial charge in [0.15, 0.2) is 0 Å². The number of fused-ring (bicyclic) bond motifs is 1. The first kappa shape index (κ1) is 18.5. The van der Waals surface area contributed by atoms with Gasteiger partial charge in [-0.1, -0.05) is 54.6 Å². The number of nitrogens with one attached hydrogen (secondary N) is 1. The third kappa shape index (κ3) is 4.00. The van der Waals surface area contributed by atoms with Crippen molar-refractivity contribution in [1.82, 2.24) is 5.32 Å². The Morgan fingerprint density at radius 1 is 1.00 bits per heavy atom. The molecule has 0 atom stereocenters. The van der Waals surface area contributed by atoms with E-state index >= 15 is 0 Å². The number of primary amides is 1. The van der Waals surface area contributed by atoms with E-state index in [1.165, 1.54) is 29.5 Å². The second-order valence-electron chi connectivity index (χ2n) is 7.76. The maximum Gasteiger partial charge on any atom is 0.248 e. The first-order valence-electron chi connectivity index (χ1n) is 9.87. The van der Waals surface area contributed by atoms with E-state index in [0.29, 0.717) is 11.5 Å². The molecule has 3 heteroatoms. The second kappa shape index (κ2) is 7.99. The largest absolute Gasteiger partial charge is 0.366 e. The van der Waals surface area contributed by atoms with Crippen molar-refractivity contribution < 1.29 is 4.79 Å². The van der Waals surface area contributed by atoms with Crippen molar-refractivity contribution in [3.63, 3.8) is 0 Å². The number of hydrogen-bond acceptors (Lipinski definition) is 2. The molecule has 0 heterocycles. The summed E-state index contributed by atoms with van der Waals surface area (Å²) in [5.41, 5.74) is 13.6. The second-order valence-corrected chi connectivity index (χ2v) is 7.76. The molecule has 3 aromatic carbocycles. The zero-order valence-electron chi connectivity index (χ0n) is 16.2. The Morgan fingerprint density at radius 3 is 2.29 bits per heavy atom. The Balaban J connectivity index is 1.33. The first-order chi connectivity index (χ1) is 13.6. The molecule has 3 aromatic rings. The molecule has 4 rings (SSSR count). The Bertz CT molecular complexity index is 967. The van der Waals surface area contributed by atoms with Gasteiger partial charge < -0.3 is 11.1 Å². The highest BCUT2D eigenvalue weighted by atomic mass is 16.1. The van der Waals surface area contributed by atoms with E-state index in [1.54, 1.807) is 6.07 Å². The zero-order valence-corrected chi connectivity index (χ0v) is 16.2. The summed E-state index contributed by atoms with van der Waals surface area (Å²) in [4.78, 5) is 11.3. The number of carbonyl (C=O) groups is 1. The van der Waals surface area contributed by atoms with Crippen LogP contribution in [-0.2, 0) is 19.4 Å². The average Bonchev–Trinajstić information content (AvgIpc) is 3.11. The normalized spacial score (nSPS) is 13.5. The number of benzene rings is 3. The molecular weight excluding hydrogens is 344 g/mol. The lowest BCUT2D eigenvalue weighted by atomic mass is 9.97. The van der Waals surface area contributed by atoms with Crippen molar-refractivity contribution >= 4 is 5.91 Å². The fourth-order valence-corrected chi connectivity index (χ4v) is 4.16. The third-order valence-corrected chi connectivity index (χ3v) is 5.67. The lowest BCUT2D eigenvalue weighted by Gasteiger charge is -2.12. The molecule has 3 nitrogen and oxygen atoms in total. The number of rotatable bonds is 6. The molecule has 0 aliphatic heterocycles. The maximum absolute atomic E-state index is 11.3. The van der Waals surface area contributed by atoms with Crippen molar-refractivity contribution in [2.45, 2.75) is 26.3 Å². The van der Waals surface area contributed by atoms with Crippen LogP contribution < -0.4 is 11.1 Å². The summed E-state index contributed by atoms with van der Waals surface area (Å²) >= 11 is 0. The topological polar surface area (TPSA) is 55.1 Å². The minimum absolute atomic E-state index is 0.388. The van der Waals surface area contributed by atoms with Gasteiger partial charge >= 0.3 is 0 Å². The minimum atomic E-state index is -0.388. The number of amides is 1. The number of carbonyl (C=O) groups excluding carboxylic acids is 1. The minimum Gasteiger partial charge on any atom is -0.366 e. The third-order valence-electron chi connectivity index (χ3n) is 5.67. The molecule has 0 unspecified atom stereocenters. The van der Waals surface area contributed by atoms with Gasteiger partial charge in [0.05, 0.1) is 0 Å². The molecule has 0 aromatic heterocycles. The average molecular weight is 370 g/mol. The molecule has 0 fully saturated rings. The van der Waals surface area contributed by atoms with E-state index in [-0.39, 0.29) is 5.91 Å². The molecule has 0 spiro atoms. The summed E-state index contributed by atoms with van der Waals surface area (Å²) in [6, 6.07) is 23.0. The highest BCUT2D eigenvalue weighted by molar-refractivity contribution is 5.93. The van der Waals surface area contributed by atoms with Crippen molar-refractivity contribution in [1.29, 1.82) is 0 Å². The van der Waals surface area contributed by atoms with Crippen molar-refractivity contribution in [2.24, 2.45) is 11.7 Å². The van der Waals surface area contributed by atoms with E-state index in [4.69, 9.17) is 5.73 Å². The van der Waals surface area contributed by atoms with Crippen molar-refractivity contribution in [2.75, 3.05) is 6.54 Å². The van der Waals surface area contributed by atoms with Crippen LogP contribution in [0.3, 0.4) is 0 Å². The summed E-state index contributed by atoms with van der Waals surface area (Å²) in [6.45, 7) is 3.94. The molecule has 3 N–H and O–H groups in total. The Kier molecular flexibility index (Phi) is 5.27. The smallest absolute Gasteiger partial charge is 0.248 e. The lowest BCUT2D eigenvalue weighted by molar-refractivity contribution is 0.1000. The highest BCUT2D eigenvalue weighted by Crippen LogP contribution is 2.26. The van der Waals surface area contributed by atoms with E-state index < -0.39 is 0 Å². The summed E-state index contributed by atoms with van der Waals surface area (Å²) in [5.74, 6) is 0.310. The van der Waals surface area contributed by atoms with Crippen LogP contribution in [0.25, 0.3) is 11.1 Å². The van der Waals surface area contributed by atoms with Crippen molar-refractivity contribution in [3.05, 3.63) is 94.5 Å². The molecule has 1 aliphatic carbocycles. The van der Waals surface area contributed by atoms with E-state index in [0.717, 1.165) is 29.8 Å². The summed E-state index contributed by atoms with van der Waals surface area (Å²) < 4.78 is 0. The molecule has 1 aliphatic rings. The highest BCUT2D eigenvalue weighted by Gasteiger charge is 2.20. The Hall–Kier alpha value is -2.91. The van der Waals surface area contributed by atoms with Crippen LogP contribution in [0.5, 0.6) is 0 Å². The molecule has 0 saturated heterocycles. The number of hydrogen-bond donors (Lipinski definition) is 2. The monoisotopic (exact) mass is 370 g/mol.